The zero-order chi connectivity index (χ0) is 15.9. The maximum Gasteiger partial charge on any atom is 0.251 e. The highest BCUT2D eigenvalue weighted by Gasteiger charge is 2.14. The first kappa shape index (κ1) is 16.6. The van der Waals surface area contributed by atoms with Crippen LogP contribution in [0, 0.1) is 6.92 Å². The second kappa shape index (κ2) is 8.00. The quantitative estimate of drug-likeness (QED) is 0.852. The van der Waals surface area contributed by atoms with Gasteiger partial charge in [-0.3, -0.25) is 9.69 Å². The smallest absolute Gasteiger partial charge is 0.251 e. The minimum Gasteiger partial charge on any atom is -0.496 e. The van der Waals surface area contributed by atoms with Crippen LogP contribution in [0.5, 0.6) is 11.5 Å². The van der Waals surface area contributed by atoms with Crippen LogP contribution >= 0.6 is 0 Å². The van der Waals surface area contributed by atoms with Gasteiger partial charge in [0.05, 0.1) is 27.4 Å². The number of methoxy groups -OCH3 is 2. The summed E-state index contributed by atoms with van der Waals surface area (Å²) < 4.78 is 15.9. The summed E-state index contributed by atoms with van der Waals surface area (Å²) in [6.07, 6.45) is 0. The molecule has 0 bridgehead atoms. The average molecular weight is 308 g/mol. The average Bonchev–Trinajstić information content (AvgIpc) is 2.56. The fraction of sp³-hybridized carbons (Fsp3) is 0.562. The summed E-state index contributed by atoms with van der Waals surface area (Å²) in [5.74, 6) is 1.18. The molecule has 1 N–H and O–H groups in total. The Morgan fingerprint density at radius 3 is 2.36 bits per heavy atom. The number of carbonyl (C=O) groups is 1. The normalized spacial score (nSPS) is 15.4. The zero-order valence-electron chi connectivity index (χ0n) is 13.5. The summed E-state index contributed by atoms with van der Waals surface area (Å²) in [4.78, 5) is 14.5. The molecule has 6 heteroatoms. The van der Waals surface area contributed by atoms with Crippen molar-refractivity contribution in [3.05, 3.63) is 23.3 Å². The van der Waals surface area contributed by atoms with E-state index in [0.29, 0.717) is 23.6 Å². The first-order valence-corrected chi connectivity index (χ1v) is 7.46. The Bertz CT molecular complexity index is 488. The number of benzene rings is 1. The fourth-order valence-electron chi connectivity index (χ4n) is 2.47. The van der Waals surface area contributed by atoms with E-state index in [0.717, 1.165) is 38.4 Å². The lowest BCUT2D eigenvalue weighted by Gasteiger charge is -2.26. The number of amides is 1. The molecule has 1 saturated heterocycles. The van der Waals surface area contributed by atoms with Gasteiger partial charge in [-0.15, -0.1) is 0 Å². The molecule has 0 saturated carbocycles. The maximum atomic E-state index is 12.3. The van der Waals surface area contributed by atoms with Crippen LogP contribution in [0.4, 0.5) is 0 Å². The van der Waals surface area contributed by atoms with Crippen LogP contribution in [0.3, 0.4) is 0 Å². The molecule has 0 radical (unpaired) electrons. The number of hydrogen-bond donors (Lipinski definition) is 1. The number of nitrogens with zero attached hydrogens (tertiary/aromatic N) is 1. The van der Waals surface area contributed by atoms with Gasteiger partial charge in [0.1, 0.15) is 11.5 Å². The van der Waals surface area contributed by atoms with Crippen LogP contribution in [0.25, 0.3) is 0 Å². The van der Waals surface area contributed by atoms with Gasteiger partial charge in [0.2, 0.25) is 0 Å². The molecule has 0 unspecified atom stereocenters. The lowest BCUT2D eigenvalue weighted by atomic mass is 10.1. The predicted octanol–water partition coefficient (Wildman–Crippen LogP) is 1.07. The summed E-state index contributed by atoms with van der Waals surface area (Å²) in [6.45, 7) is 6.70. The maximum absolute atomic E-state index is 12.3. The summed E-state index contributed by atoms with van der Waals surface area (Å²) in [6, 6.07) is 3.48. The zero-order valence-corrected chi connectivity index (χ0v) is 13.5. The first-order valence-electron chi connectivity index (χ1n) is 7.46. The number of hydrogen-bond acceptors (Lipinski definition) is 5. The molecule has 1 amide bonds. The van der Waals surface area contributed by atoms with Gasteiger partial charge >= 0.3 is 0 Å². The van der Waals surface area contributed by atoms with Crippen molar-refractivity contribution in [3.63, 3.8) is 0 Å². The summed E-state index contributed by atoms with van der Waals surface area (Å²) >= 11 is 0. The van der Waals surface area contributed by atoms with Crippen molar-refractivity contribution >= 4 is 5.91 Å². The van der Waals surface area contributed by atoms with Crippen molar-refractivity contribution in [2.75, 3.05) is 53.6 Å². The highest BCUT2D eigenvalue weighted by atomic mass is 16.5. The van der Waals surface area contributed by atoms with E-state index in [1.807, 2.05) is 6.92 Å². The molecule has 1 aliphatic heterocycles. The van der Waals surface area contributed by atoms with Crippen molar-refractivity contribution < 1.29 is 19.0 Å². The van der Waals surface area contributed by atoms with Crippen LogP contribution in [0.15, 0.2) is 12.1 Å². The molecule has 1 fully saturated rings. The SMILES string of the molecule is COc1cc(C(=O)NCCN2CCOCC2)cc(OC)c1C. The first-order chi connectivity index (χ1) is 10.7. The predicted molar refractivity (Wildman–Crippen MR) is 83.9 cm³/mol. The minimum absolute atomic E-state index is 0.121. The summed E-state index contributed by atoms with van der Waals surface area (Å²) in [5, 5.41) is 2.94. The molecule has 2 rings (SSSR count). The van der Waals surface area contributed by atoms with Gasteiger partial charge in [-0.05, 0) is 19.1 Å². The van der Waals surface area contributed by atoms with Gasteiger partial charge < -0.3 is 19.5 Å². The van der Waals surface area contributed by atoms with Crippen LogP contribution in [0.2, 0.25) is 0 Å². The summed E-state index contributed by atoms with van der Waals surface area (Å²) in [5.41, 5.74) is 1.43. The monoisotopic (exact) mass is 308 g/mol. The molecule has 122 valence electrons. The Hall–Kier alpha value is -1.79. The van der Waals surface area contributed by atoms with Crippen molar-refractivity contribution in [2.24, 2.45) is 0 Å². The van der Waals surface area contributed by atoms with Crippen LogP contribution in [0.1, 0.15) is 15.9 Å². The minimum atomic E-state index is -0.121. The topological polar surface area (TPSA) is 60.0 Å². The molecule has 1 aliphatic rings. The second-order valence-electron chi connectivity index (χ2n) is 5.22. The lowest BCUT2D eigenvalue weighted by molar-refractivity contribution is 0.0383. The van der Waals surface area contributed by atoms with Crippen molar-refractivity contribution in [3.8, 4) is 11.5 Å². The number of rotatable bonds is 6. The molecule has 0 spiro atoms. The largest absolute Gasteiger partial charge is 0.496 e. The van der Waals surface area contributed by atoms with Gasteiger partial charge in [-0.2, -0.15) is 0 Å². The van der Waals surface area contributed by atoms with Crippen molar-refractivity contribution in [2.45, 2.75) is 6.92 Å². The molecule has 1 aromatic carbocycles. The number of carbonyl (C=O) groups excluding carboxylic acids is 1. The Morgan fingerprint density at radius 2 is 1.82 bits per heavy atom. The second-order valence-corrected chi connectivity index (χ2v) is 5.22. The van der Waals surface area contributed by atoms with E-state index in [9.17, 15) is 4.79 Å². The molecule has 0 aromatic heterocycles. The number of ether oxygens (including phenoxy) is 3. The Labute approximate surface area is 131 Å². The molecular formula is C16H24N2O4. The van der Waals surface area contributed by atoms with Gasteiger partial charge in [0.15, 0.2) is 0 Å². The van der Waals surface area contributed by atoms with E-state index >= 15 is 0 Å². The van der Waals surface area contributed by atoms with Gasteiger partial charge in [-0.1, -0.05) is 0 Å². The Kier molecular flexibility index (Phi) is 6.03. The number of nitrogens with one attached hydrogen (secondary N) is 1. The third kappa shape index (κ3) is 4.11. The standard InChI is InChI=1S/C16H24N2O4/c1-12-14(20-2)10-13(11-15(12)21-3)16(19)17-4-5-18-6-8-22-9-7-18/h10-11H,4-9H2,1-3H3,(H,17,19). The van der Waals surface area contributed by atoms with Crippen LogP contribution < -0.4 is 14.8 Å². The van der Waals surface area contributed by atoms with E-state index in [-0.39, 0.29) is 5.91 Å². The molecule has 0 aliphatic carbocycles. The molecule has 0 atom stereocenters. The lowest BCUT2D eigenvalue weighted by Crippen LogP contribution is -2.41. The Balaban J connectivity index is 1.94. The van der Waals surface area contributed by atoms with E-state index < -0.39 is 0 Å². The van der Waals surface area contributed by atoms with E-state index in [4.69, 9.17) is 14.2 Å². The van der Waals surface area contributed by atoms with Crippen molar-refractivity contribution in [1.82, 2.24) is 10.2 Å². The molecular weight excluding hydrogens is 284 g/mol. The van der Waals surface area contributed by atoms with Gasteiger partial charge in [0, 0.05) is 37.3 Å². The Morgan fingerprint density at radius 1 is 1.23 bits per heavy atom. The molecule has 22 heavy (non-hydrogen) atoms. The van der Waals surface area contributed by atoms with Gasteiger partial charge in [-0.25, -0.2) is 0 Å². The van der Waals surface area contributed by atoms with E-state index in [1.54, 1.807) is 26.4 Å². The number of morpholine rings is 1. The van der Waals surface area contributed by atoms with E-state index in [2.05, 4.69) is 10.2 Å². The highest BCUT2D eigenvalue weighted by Crippen LogP contribution is 2.29. The summed E-state index contributed by atoms with van der Waals surface area (Å²) in [7, 11) is 3.17. The van der Waals surface area contributed by atoms with Crippen LogP contribution in [-0.2, 0) is 4.74 Å². The van der Waals surface area contributed by atoms with E-state index in [1.165, 1.54) is 0 Å². The van der Waals surface area contributed by atoms with Gasteiger partial charge in [0.25, 0.3) is 5.91 Å². The molecule has 1 aromatic rings. The molecule has 1 heterocycles. The highest BCUT2D eigenvalue weighted by molar-refractivity contribution is 5.95. The third-order valence-corrected chi connectivity index (χ3v) is 3.83. The fourth-order valence-corrected chi connectivity index (χ4v) is 2.47. The van der Waals surface area contributed by atoms with Crippen LogP contribution in [-0.4, -0.2) is 64.4 Å². The van der Waals surface area contributed by atoms with Crippen molar-refractivity contribution in [1.29, 1.82) is 0 Å². The molecule has 6 nitrogen and oxygen atoms in total. The third-order valence-electron chi connectivity index (χ3n) is 3.83.